The van der Waals surface area contributed by atoms with Crippen LogP contribution in [0, 0.1) is 0 Å². The monoisotopic (exact) mass is 254 g/mol. The molecule has 1 aromatic carbocycles. The van der Waals surface area contributed by atoms with Crippen LogP contribution in [0.2, 0.25) is 0 Å². The number of hydrogen-bond acceptors (Lipinski definition) is 2. The molecule has 1 heterocycles. The maximum absolute atomic E-state index is 4.05. The number of benzene rings is 1. The van der Waals surface area contributed by atoms with E-state index >= 15 is 0 Å². The Labute approximate surface area is 115 Å². The molecule has 0 bridgehead atoms. The van der Waals surface area contributed by atoms with Crippen molar-refractivity contribution in [3.63, 3.8) is 0 Å². The molecule has 0 aliphatic carbocycles. The van der Waals surface area contributed by atoms with Crippen molar-refractivity contribution in [3.8, 4) is 0 Å². The Balaban J connectivity index is 2.08. The van der Waals surface area contributed by atoms with E-state index < -0.39 is 0 Å². The minimum absolute atomic E-state index is 0.204. The second-order valence-corrected chi connectivity index (χ2v) is 5.97. The highest BCUT2D eigenvalue weighted by atomic mass is 14.9. The van der Waals surface area contributed by atoms with Gasteiger partial charge < -0.3 is 5.32 Å². The van der Waals surface area contributed by atoms with E-state index in [0.29, 0.717) is 0 Å². The van der Waals surface area contributed by atoms with Crippen molar-refractivity contribution >= 4 is 5.69 Å². The van der Waals surface area contributed by atoms with Gasteiger partial charge in [0.25, 0.3) is 0 Å². The zero-order valence-corrected chi connectivity index (χ0v) is 12.1. The predicted molar refractivity (Wildman–Crippen MR) is 81.4 cm³/mol. The maximum atomic E-state index is 4.05. The highest BCUT2D eigenvalue weighted by Gasteiger charge is 2.13. The number of pyridine rings is 1. The molecule has 2 aromatic rings. The number of rotatable bonds is 3. The van der Waals surface area contributed by atoms with Crippen molar-refractivity contribution in [1.82, 2.24) is 4.98 Å². The van der Waals surface area contributed by atoms with Crippen LogP contribution in [0.1, 0.15) is 44.9 Å². The predicted octanol–water partition coefficient (Wildman–Crippen LogP) is 4.55. The van der Waals surface area contributed by atoms with Gasteiger partial charge in [0.2, 0.25) is 0 Å². The standard InChI is InChI=1S/C17H22N2/c1-13(14-9-11-18-12-10-14)19-16-7-5-15(6-8-16)17(2,3)4/h5-13,19H,1-4H3. The molecule has 2 nitrogen and oxygen atoms in total. The summed E-state index contributed by atoms with van der Waals surface area (Å²) in [4.78, 5) is 4.05. The van der Waals surface area contributed by atoms with Crippen molar-refractivity contribution in [3.05, 3.63) is 59.9 Å². The Bertz CT molecular complexity index is 509. The van der Waals surface area contributed by atoms with E-state index in [-0.39, 0.29) is 11.5 Å². The summed E-state index contributed by atoms with van der Waals surface area (Å²) in [7, 11) is 0. The number of aromatic nitrogens is 1. The fourth-order valence-electron chi connectivity index (χ4n) is 2.05. The second-order valence-electron chi connectivity index (χ2n) is 5.97. The van der Waals surface area contributed by atoms with Gasteiger partial charge in [-0.05, 0) is 47.7 Å². The van der Waals surface area contributed by atoms with Crippen LogP contribution in [0.25, 0.3) is 0 Å². The summed E-state index contributed by atoms with van der Waals surface area (Å²) in [5.74, 6) is 0. The van der Waals surface area contributed by atoms with E-state index in [9.17, 15) is 0 Å². The summed E-state index contributed by atoms with van der Waals surface area (Å²) >= 11 is 0. The molecule has 0 amide bonds. The fraction of sp³-hybridized carbons (Fsp3) is 0.353. The van der Waals surface area contributed by atoms with Gasteiger partial charge in [-0.2, -0.15) is 0 Å². The lowest BCUT2D eigenvalue weighted by Crippen LogP contribution is -2.11. The molecule has 0 aliphatic rings. The van der Waals surface area contributed by atoms with Crippen molar-refractivity contribution in [2.45, 2.75) is 39.2 Å². The first-order valence-corrected chi connectivity index (χ1v) is 6.74. The molecule has 0 radical (unpaired) electrons. The minimum Gasteiger partial charge on any atom is -0.379 e. The van der Waals surface area contributed by atoms with E-state index in [0.717, 1.165) is 5.69 Å². The zero-order chi connectivity index (χ0) is 13.9. The highest BCUT2D eigenvalue weighted by molar-refractivity contribution is 5.47. The van der Waals surface area contributed by atoms with Gasteiger partial charge in [0.15, 0.2) is 0 Å². The van der Waals surface area contributed by atoms with Crippen LogP contribution in [-0.4, -0.2) is 4.98 Å². The average Bonchev–Trinajstić information content (AvgIpc) is 2.39. The summed E-state index contributed by atoms with van der Waals surface area (Å²) in [5.41, 5.74) is 3.96. The Hall–Kier alpha value is -1.83. The molecule has 1 aromatic heterocycles. The van der Waals surface area contributed by atoms with Crippen LogP contribution < -0.4 is 5.32 Å². The van der Waals surface area contributed by atoms with Crippen molar-refractivity contribution in [2.75, 3.05) is 5.32 Å². The first-order chi connectivity index (χ1) is 8.97. The van der Waals surface area contributed by atoms with Crippen LogP contribution in [0.5, 0.6) is 0 Å². The van der Waals surface area contributed by atoms with E-state index in [1.165, 1.54) is 11.1 Å². The number of hydrogen-bond donors (Lipinski definition) is 1. The Morgan fingerprint density at radius 2 is 1.53 bits per heavy atom. The highest BCUT2D eigenvalue weighted by Crippen LogP contribution is 2.25. The van der Waals surface area contributed by atoms with E-state index in [1.54, 1.807) is 0 Å². The third kappa shape index (κ3) is 3.57. The number of anilines is 1. The van der Waals surface area contributed by atoms with Gasteiger partial charge in [-0.1, -0.05) is 32.9 Å². The topological polar surface area (TPSA) is 24.9 Å². The Morgan fingerprint density at radius 3 is 2.05 bits per heavy atom. The van der Waals surface area contributed by atoms with Gasteiger partial charge in [0, 0.05) is 24.1 Å². The molecule has 2 heteroatoms. The zero-order valence-electron chi connectivity index (χ0n) is 12.1. The fourth-order valence-corrected chi connectivity index (χ4v) is 2.05. The maximum Gasteiger partial charge on any atom is 0.0486 e. The van der Waals surface area contributed by atoms with Crippen LogP contribution in [0.4, 0.5) is 5.69 Å². The van der Waals surface area contributed by atoms with Crippen molar-refractivity contribution in [1.29, 1.82) is 0 Å². The average molecular weight is 254 g/mol. The third-order valence-electron chi connectivity index (χ3n) is 3.34. The normalized spacial score (nSPS) is 13.1. The number of nitrogens with one attached hydrogen (secondary N) is 1. The summed E-state index contributed by atoms with van der Waals surface area (Å²) in [6.07, 6.45) is 3.66. The van der Waals surface area contributed by atoms with Gasteiger partial charge in [0.1, 0.15) is 0 Å². The summed E-state index contributed by atoms with van der Waals surface area (Å²) in [6, 6.07) is 13.1. The molecule has 0 spiro atoms. The molecule has 1 N–H and O–H groups in total. The van der Waals surface area contributed by atoms with Gasteiger partial charge in [-0.3, -0.25) is 4.98 Å². The van der Waals surface area contributed by atoms with Gasteiger partial charge >= 0.3 is 0 Å². The molecule has 19 heavy (non-hydrogen) atoms. The summed E-state index contributed by atoms with van der Waals surface area (Å²) in [6.45, 7) is 8.85. The Kier molecular flexibility index (Phi) is 3.89. The van der Waals surface area contributed by atoms with Gasteiger partial charge in [0.05, 0.1) is 0 Å². The van der Waals surface area contributed by atoms with E-state index in [2.05, 4.69) is 62.3 Å². The van der Waals surface area contributed by atoms with Crippen LogP contribution in [0.3, 0.4) is 0 Å². The molecule has 0 fully saturated rings. The lowest BCUT2D eigenvalue weighted by Gasteiger charge is -2.20. The lowest BCUT2D eigenvalue weighted by atomic mass is 9.87. The van der Waals surface area contributed by atoms with Crippen molar-refractivity contribution < 1.29 is 0 Å². The van der Waals surface area contributed by atoms with Gasteiger partial charge in [-0.15, -0.1) is 0 Å². The molecule has 0 aliphatic heterocycles. The first kappa shape index (κ1) is 13.6. The SMILES string of the molecule is CC(Nc1ccc(C(C)(C)C)cc1)c1ccncc1. The molecule has 1 atom stereocenters. The van der Waals surface area contributed by atoms with Crippen LogP contribution >= 0.6 is 0 Å². The molecule has 100 valence electrons. The first-order valence-electron chi connectivity index (χ1n) is 6.74. The van der Waals surface area contributed by atoms with Crippen molar-refractivity contribution in [2.24, 2.45) is 0 Å². The smallest absolute Gasteiger partial charge is 0.0486 e. The molecule has 1 unspecified atom stereocenters. The van der Waals surface area contributed by atoms with Crippen LogP contribution in [-0.2, 0) is 5.41 Å². The molecule has 0 saturated heterocycles. The summed E-state index contributed by atoms with van der Waals surface area (Å²) in [5, 5.41) is 3.51. The molecular formula is C17H22N2. The number of nitrogens with zero attached hydrogens (tertiary/aromatic N) is 1. The minimum atomic E-state index is 0.204. The van der Waals surface area contributed by atoms with Gasteiger partial charge in [-0.25, -0.2) is 0 Å². The molecular weight excluding hydrogens is 232 g/mol. The van der Waals surface area contributed by atoms with Crippen LogP contribution in [0.15, 0.2) is 48.8 Å². The van der Waals surface area contributed by atoms with E-state index in [4.69, 9.17) is 0 Å². The third-order valence-corrected chi connectivity index (χ3v) is 3.34. The second kappa shape index (κ2) is 5.43. The largest absolute Gasteiger partial charge is 0.379 e. The quantitative estimate of drug-likeness (QED) is 0.869. The molecule has 2 rings (SSSR count). The lowest BCUT2D eigenvalue weighted by molar-refractivity contribution is 0.590. The van der Waals surface area contributed by atoms with E-state index in [1.807, 2.05) is 24.5 Å². The Morgan fingerprint density at radius 1 is 0.947 bits per heavy atom. The molecule has 0 saturated carbocycles. The summed E-state index contributed by atoms with van der Waals surface area (Å²) < 4.78 is 0.